The molecule has 0 heterocycles. The summed E-state index contributed by atoms with van der Waals surface area (Å²) in [4.78, 5) is -0.0854. The Kier molecular flexibility index (Phi) is 4.24. The van der Waals surface area contributed by atoms with Crippen molar-refractivity contribution in [2.24, 2.45) is 0 Å². The van der Waals surface area contributed by atoms with Crippen molar-refractivity contribution in [2.45, 2.75) is 4.90 Å². The van der Waals surface area contributed by atoms with E-state index in [1.807, 2.05) is 0 Å². The standard InChI is InChI=1S/C14H9Cl2NO2S/c1-2-10-4-3-5-12(8-10)17-20(18,19)14-9-11(15)6-7-13(14)16/h1,3-9,17H. The quantitative estimate of drug-likeness (QED) is 0.873. The molecular weight excluding hydrogens is 317 g/mol. The van der Waals surface area contributed by atoms with E-state index in [0.29, 0.717) is 11.3 Å². The molecule has 0 aliphatic carbocycles. The summed E-state index contributed by atoms with van der Waals surface area (Å²) in [7, 11) is -3.83. The van der Waals surface area contributed by atoms with Gasteiger partial charge >= 0.3 is 0 Å². The second kappa shape index (κ2) is 5.76. The van der Waals surface area contributed by atoms with Gasteiger partial charge in [0.1, 0.15) is 4.90 Å². The Bertz CT molecular complexity index is 795. The molecule has 0 saturated heterocycles. The van der Waals surface area contributed by atoms with Gasteiger partial charge in [0, 0.05) is 10.6 Å². The maximum atomic E-state index is 12.3. The number of terminal acetylenes is 1. The van der Waals surface area contributed by atoms with E-state index in [0.717, 1.165) is 0 Å². The highest BCUT2D eigenvalue weighted by atomic mass is 35.5. The second-order valence-corrected chi connectivity index (χ2v) is 6.40. The Balaban J connectivity index is 2.41. The van der Waals surface area contributed by atoms with E-state index >= 15 is 0 Å². The molecule has 0 radical (unpaired) electrons. The molecule has 20 heavy (non-hydrogen) atoms. The number of nitrogens with one attached hydrogen (secondary N) is 1. The molecule has 0 aliphatic heterocycles. The number of sulfonamides is 1. The van der Waals surface area contributed by atoms with Crippen molar-refractivity contribution in [3.63, 3.8) is 0 Å². The van der Waals surface area contributed by atoms with Gasteiger partial charge in [-0.1, -0.05) is 35.2 Å². The second-order valence-electron chi connectivity index (χ2n) is 3.91. The number of rotatable bonds is 3. The molecule has 0 atom stereocenters. The Morgan fingerprint density at radius 1 is 1.10 bits per heavy atom. The minimum atomic E-state index is -3.83. The van der Waals surface area contributed by atoms with Crippen LogP contribution in [0.4, 0.5) is 5.69 Å². The zero-order valence-corrected chi connectivity index (χ0v) is 12.4. The molecule has 0 amide bonds. The highest BCUT2D eigenvalue weighted by Gasteiger charge is 2.18. The van der Waals surface area contributed by atoms with Crippen LogP contribution in [-0.2, 0) is 10.0 Å². The van der Waals surface area contributed by atoms with Gasteiger partial charge in [-0.3, -0.25) is 4.72 Å². The van der Waals surface area contributed by atoms with Crippen LogP contribution in [0.2, 0.25) is 10.0 Å². The number of hydrogen-bond acceptors (Lipinski definition) is 2. The van der Waals surface area contributed by atoms with Gasteiger partial charge in [0.25, 0.3) is 10.0 Å². The number of benzene rings is 2. The fraction of sp³-hybridized carbons (Fsp3) is 0. The largest absolute Gasteiger partial charge is 0.280 e. The average Bonchev–Trinajstić information content (AvgIpc) is 2.41. The summed E-state index contributed by atoms with van der Waals surface area (Å²) in [6, 6.07) is 10.7. The van der Waals surface area contributed by atoms with Crippen LogP contribution in [-0.4, -0.2) is 8.42 Å². The predicted molar refractivity (Wildman–Crippen MR) is 81.6 cm³/mol. The molecule has 0 spiro atoms. The molecule has 102 valence electrons. The molecule has 0 saturated carbocycles. The first kappa shape index (κ1) is 14.7. The monoisotopic (exact) mass is 325 g/mol. The number of hydrogen-bond donors (Lipinski definition) is 1. The molecule has 2 aromatic carbocycles. The van der Waals surface area contributed by atoms with Crippen LogP contribution in [0, 0.1) is 12.3 Å². The fourth-order valence-corrected chi connectivity index (χ4v) is 3.38. The lowest BCUT2D eigenvalue weighted by Gasteiger charge is -2.10. The Morgan fingerprint density at radius 3 is 2.55 bits per heavy atom. The van der Waals surface area contributed by atoms with Gasteiger partial charge in [-0.25, -0.2) is 8.42 Å². The molecule has 0 fully saturated rings. The van der Waals surface area contributed by atoms with Gasteiger partial charge in [0.15, 0.2) is 0 Å². The van der Waals surface area contributed by atoms with E-state index < -0.39 is 10.0 Å². The lowest BCUT2D eigenvalue weighted by atomic mass is 10.2. The summed E-state index contributed by atoms with van der Waals surface area (Å²) in [6.07, 6.45) is 5.27. The highest BCUT2D eigenvalue weighted by Crippen LogP contribution is 2.26. The van der Waals surface area contributed by atoms with Gasteiger partial charge in [-0.2, -0.15) is 0 Å². The highest BCUT2D eigenvalue weighted by molar-refractivity contribution is 7.92. The van der Waals surface area contributed by atoms with E-state index in [1.54, 1.807) is 24.3 Å². The van der Waals surface area contributed by atoms with Crippen LogP contribution in [0.5, 0.6) is 0 Å². The van der Waals surface area contributed by atoms with Crippen LogP contribution < -0.4 is 4.72 Å². The van der Waals surface area contributed by atoms with Crippen molar-refractivity contribution in [1.82, 2.24) is 0 Å². The van der Waals surface area contributed by atoms with Gasteiger partial charge in [-0.15, -0.1) is 6.42 Å². The third kappa shape index (κ3) is 3.26. The normalized spacial score (nSPS) is 10.8. The van der Waals surface area contributed by atoms with Crippen molar-refractivity contribution >= 4 is 38.9 Å². The maximum Gasteiger partial charge on any atom is 0.263 e. The first-order chi connectivity index (χ1) is 9.42. The molecular formula is C14H9Cl2NO2S. The summed E-state index contributed by atoms with van der Waals surface area (Å²) in [6.45, 7) is 0. The molecule has 6 heteroatoms. The van der Waals surface area contributed by atoms with Crippen molar-refractivity contribution in [1.29, 1.82) is 0 Å². The van der Waals surface area contributed by atoms with Gasteiger partial charge in [0.05, 0.1) is 10.7 Å². The third-order valence-electron chi connectivity index (χ3n) is 2.46. The average molecular weight is 326 g/mol. The van der Waals surface area contributed by atoms with E-state index in [2.05, 4.69) is 10.6 Å². The van der Waals surface area contributed by atoms with Crippen LogP contribution in [0.25, 0.3) is 0 Å². The fourth-order valence-electron chi connectivity index (χ4n) is 1.57. The molecule has 0 aromatic heterocycles. The Hall–Kier alpha value is -1.67. The minimum Gasteiger partial charge on any atom is -0.280 e. The minimum absolute atomic E-state index is 0.0854. The number of halogens is 2. The Labute approximate surface area is 127 Å². The van der Waals surface area contributed by atoms with Crippen molar-refractivity contribution in [2.75, 3.05) is 4.72 Å². The van der Waals surface area contributed by atoms with E-state index in [4.69, 9.17) is 29.6 Å². The SMILES string of the molecule is C#Cc1cccc(NS(=O)(=O)c2cc(Cl)ccc2Cl)c1. The molecule has 1 N–H and O–H groups in total. The summed E-state index contributed by atoms with van der Waals surface area (Å²) in [5, 5.41) is 0.377. The van der Waals surface area contributed by atoms with Gasteiger partial charge < -0.3 is 0 Å². The summed E-state index contributed by atoms with van der Waals surface area (Å²) < 4.78 is 26.9. The van der Waals surface area contributed by atoms with E-state index in [-0.39, 0.29) is 14.9 Å². The Morgan fingerprint density at radius 2 is 1.85 bits per heavy atom. The lowest BCUT2D eigenvalue weighted by Crippen LogP contribution is -2.13. The van der Waals surface area contributed by atoms with Crippen LogP contribution in [0.1, 0.15) is 5.56 Å². The first-order valence-electron chi connectivity index (χ1n) is 5.47. The summed E-state index contributed by atoms with van der Waals surface area (Å²) >= 11 is 11.7. The van der Waals surface area contributed by atoms with Crippen LogP contribution in [0.15, 0.2) is 47.4 Å². The zero-order valence-electron chi connectivity index (χ0n) is 10.1. The molecule has 0 aliphatic rings. The third-order valence-corrected chi connectivity index (χ3v) is 4.56. The van der Waals surface area contributed by atoms with Crippen LogP contribution >= 0.6 is 23.2 Å². The molecule has 3 nitrogen and oxygen atoms in total. The molecule has 2 rings (SSSR count). The maximum absolute atomic E-state index is 12.3. The van der Waals surface area contributed by atoms with E-state index in [9.17, 15) is 8.42 Å². The smallest absolute Gasteiger partial charge is 0.263 e. The van der Waals surface area contributed by atoms with E-state index in [1.165, 1.54) is 18.2 Å². The molecule has 2 aromatic rings. The zero-order chi connectivity index (χ0) is 14.8. The summed E-state index contributed by atoms with van der Waals surface area (Å²) in [5.74, 6) is 2.43. The van der Waals surface area contributed by atoms with Gasteiger partial charge in [-0.05, 0) is 36.4 Å². The molecule has 0 bridgehead atoms. The first-order valence-corrected chi connectivity index (χ1v) is 7.71. The van der Waals surface area contributed by atoms with Crippen LogP contribution in [0.3, 0.4) is 0 Å². The molecule has 0 unspecified atom stereocenters. The summed E-state index contributed by atoms with van der Waals surface area (Å²) in [5.41, 5.74) is 0.930. The van der Waals surface area contributed by atoms with Crippen molar-refractivity contribution in [3.8, 4) is 12.3 Å². The van der Waals surface area contributed by atoms with Crippen molar-refractivity contribution in [3.05, 3.63) is 58.1 Å². The number of anilines is 1. The predicted octanol–water partition coefficient (Wildman–Crippen LogP) is 3.78. The lowest BCUT2D eigenvalue weighted by molar-refractivity contribution is 0.601. The van der Waals surface area contributed by atoms with Gasteiger partial charge in [0.2, 0.25) is 0 Å². The topological polar surface area (TPSA) is 46.2 Å². The van der Waals surface area contributed by atoms with Crippen molar-refractivity contribution < 1.29 is 8.42 Å².